The van der Waals surface area contributed by atoms with Gasteiger partial charge in [-0.25, -0.2) is 0 Å². The summed E-state index contributed by atoms with van der Waals surface area (Å²) in [5.74, 6) is 0. The van der Waals surface area contributed by atoms with E-state index in [0.29, 0.717) is 13.1 Å². The number of aliphatic hydroxyl groups is 2. The second-order valence-electron chi connectivity index (χ2n) is 6.73. The van der Waals surface area contributed by atoms with Crippen LogP contribution in [0.25, 0.3) is 10.9 Å². The molecule has 3 N–H and O–H groups in total. The number of para-hydroxylation sites is 1. The molecule has 1 aromatic carbocycles. The van der Waals surface area contributed by atoms with Crippen molar-refractivity contribution >= 4 is 22.5 Å². The van der Waals surface area contributed by atoms with Gasteiger partial charge in [-0.15, -0.1) is 0 Å². The van der Waals surface area contributed by atoms with E-state index in [1.54, 1.807) is 0 Å². The average molecular weight is 351 g/mol. The molecule has 1 heterocycles. The summed E-state index contributed by atoms with van der Waals surface area (Å²) in [6.45, 7) is 3.12. The summed E-state index contributed by atoms with van der Waals surface area (Å²) >= 11 is 6.49. The summed E-state index contributed by atoms with van der Waals surface area (Å²) in [6.07, 6.45) is 4.89. The van der Waals surface area contributed by atoms with Crippen LogP contribution in [-0.2, 0) is 19.4 Å². The number of nitrogens with zero attached hydrogens (tertiary/aromatic N) is 1. The van der Waals surface area contributed by atoms with E-state index in [9.17, 15) is 10.2 Å². The lowest BCUT2D eigenvalue weighted by Gasteiger charge is -2.21. The quantitative estimate of drug-likeness (QED) is 0.719. The molecule has 1 aliphatic rings. The summed E-state index contributed by atoms with van der Waals surface area (Å²) in [5.41, 5.74) is 3.79. The molecule has 4 nitrogen and oxygen atoms in total. The minimum atomic E-state index is -0.511. The molecule has 0 aliphatic heterocycles. The van der Waals surface area contributed by atoms with Crippen molar-refractivity contribution in [2.24, 2.45) is 0 Å². The number of hydrogen-bond donors (Lipinski definition) is 3. The van der Waals surface area contributed by atoms with Crippen LogP contribution in [0, 0.1) is 0 Å². The van der Waals surface area contributed by atoms with E-state index >= 15 is 0 Å². The number of hydrogen-bond acceptors (Lipinski definition) is 3. The first kappa shape index (κ1) is 17.7. The van der Waals surface area contributed by atoms with E-state index < -0.39 is 6.10 Å². The van der Waals surface area contributed by atoms with E-state index in [1.807, 2.05) is 19.1 Å². The third-order valence-electron chi connectivity index (χ3n) is 5.10. The Bertz CT molecular complexity index is 694. The molecule has 0 radical (unpaired) electrons. The highest BCUT2D eigenvalue weighted by Gasteiger charge is 2.22. The van der Waals surface area contributed by atoms with Gasteiger partial charge in [0, 0.05) is 23.7 Å². The van der Waals surface area contributed by atoms with Crippen molar-refractivity contribution in [3.63, 3.8) is 0 Å². The summed E-state index contributed by atoms with van der Waals surface area (Å²) < 4.78 is 2.22. The molecule has 132 valence electrons. The van der Waals surface area contributed by atoms with E-state index in [4.69, 9.17) is 11.6 Å². The predicted octanol–water partition coefficient (Wildman–Crippen LogP) is 2.89. The van der Waals surface area contributed by atoms with E-state index in [2.05, 4.69) is 16.0 Å². The Balaban J connectivity index is 1.86. The van der Waals surface area contributed by atoms with Gasteiger partial charge in [-0.1, -0.05) is 30.7 Å². The molecule has 1 aliphatic carbocycles. The minimum Gasteiger partial charge on any atom is -0.395 e. The smallest absolute Gasteiger partial charge is 0.0843 e. The Kier molecular flexibility index (Phi) is 5.82. The fourth-order valence-electron chi connectivity index (χ4n) is 3.76. The third kappa shape index (κ3) is 3.47. The molecule has 0 fully saturated rings. The topological polar surface area (TPSA) is 57.4 Å². The van der Waals surface area contributed by atoms with E-state index in [-0.39, 0.29) is 12.6 Å². The molecule has 0 saturated carbocycles. The van der Waals surface area contributed by atoms with Gasteiger partial charge in [0.1, 0.15) is 0 Å². The Morgan fingerprint density at radius 1 is 1.29 bits per heavy atom. The predicted molar refractivity (Wildman–Crippen MR) is 98.8 cm³/mol. The number of benzene rings is 1. The highest BCUT2D eigenvalue weighted by molar-refractivity contribution is 6.35. The summed E-state index contributed by atoms with van der Waals surface area (Å²) in [6, 6.07) is 6.12. The van der Waals surface area contributed by atoms with Crippen molar-refractivity contribution in [1.29, 1.82) is 0 Å². The SMILES string of the molecule is CC[C@@H](CO)NC[C@@H](O)Cn1c2c(c3cccc(Cl)c31)CCCC2. The molecule has 0 bridgehead atoms. The van der Waals surface area contributed by atoms with Gasteiger partial charge in [0.15, 0.2) is 0 Å². The summed E-state index contributed by atoms with van der Waals surface area (Å²) in [7, 11) is 0. The first-order valence-electron chi connectivity index (χ1n) is 8.96. The van der Waals surface area contributed by atoms with Crippen LogP contribution in [-0.4, -0.2) is 40.1 Å². The van der Waals surface area contributed by atoms with Crippen molar-refractivity contribution in [1.82, 2.24) is 9.88 Å². The van der Waals surface area contributed by atoms with Gasteiger partial charge in [-0.2, -0.15) is 0 Å². The lowest BCUT2D eigenvalue weighted by atomic mass is 9.95. The number of aryl methyl sites for hydroxylation is 1. The maximum absolute atomic E-state index is 10.5. The van der Waals surface area contributed by atoms with Crippen molar-refractivity contribution < 1.29 is 10.2 Å². The monoisotopic (exact) mass is 350 g/mol. The Labute approximate surface area is 148 Å². The lowest BCUT2D eigenvalue weighted by Crippen LogP contribution is -2.39. The van der Waals surface area contributed by atoms with Crippen LogP contribution in [0.2, 0.25) is 5.02 Å². The zero-order valence-corrected chi connectivity index (χ0v) is 15.0. The molecule has 0 amide bonds. The van der Waals surface area contributed by atoms with Crippen molar-refractivity contribution in [3.05, 3.63) is 34.5 Å². The van der Waals surface area contributed by atoms with Crippen LogP contribution in [0.5, 0.6) is 0 Å². The van der Waals surface area contributed by atoms with Crippen LogP contribution >= 0.6 is 11.6 Å². The molecule has 2 aromatic rings. The van der Waals surface area contributed by atoms with Crippen LogP contribution < -0.4 is 5.32 Å². The fraction of sp³-hybridized carbons (Fsp3) is 0.579. The van der Waals surface area contributed by atoms with Gasteiger partial charge >= 0.3 is 0 Å². The molecule has 1 aromatic heterocycles. The largest absolute Gasteiger partial charge is 0.395 e. The van der Waals surface area contributed by atoms with Gasteiger partial charge in [0.2, 0.25) is 0 Å². The fourth-order valence-corrected chi connectivity index (χ4v) is 4.04. The molecule has 2 atom stereocenters. The van der Waals surface area contributed by atoms with Gasteiger partial charge in [0.05, 0.1) is 29.8 Å². The second-order valence-corrected chi connectivity index (χ2v) is 7.14. The Hall–Kier alpha value is -1.07. The Morgan fingerprint density at radius 2 is 2.08 bits per heavy atom. The third-order valence-corrected chi connectivity index (χ3v) is 5.40. The van der Waals surface area contributed by atoms with Crippen LogP contribution in [0.4, 0.5) is 0 Å². The van der Waals surface area contributed by atoms with Crippen LogP contribution in [0.15, 0.2) is 18.2 Å². The number of rotatable bonds is 7. The van der Waals surface area contributed by atoms with Crippen molar-refractivity contribution in [3.8, 4) is 0 Å². The van der Waals surface area contributed by atoms with Gasteiger partial charge in [-0.3, -0.25) is 0 Å². The number of fused-ring (bicyclic) bond motifs is 3. The molecule has 3 rings (SSSR count). The van der Waals surface area contributed by atoms with Crippen LogP contribution in [0.1, 0.15) is 37.4 Å². The normalized spacial score (nSPS) is 17.0. The first-order chi connectivity index (χ1) is 11.7. The maximum atomic E-state index is 10.5. The number of nitrogens with one attached hydrogen (secondary N) is 1. The molecular weight excluding hydrogens is 324 g/mol. The minimum absolute atomic E-state index is 0.0403. The van der Waals surface area contributed by atoms with Gasteiger partial charge in [0.25, 0.3) is 0 Å². The van der Waals surface area contributed by atoms with Gasteiger partial charge in [-0.05, 0) is 43.7 Å². The van der Waals surface area contributed by atoms with E-state index in [0.717, 1.165) is 29.8 Å². The number of aliphatic hydroxyl groups excluding tert-OH is 2. The molecule has 5 heteroatoms. The molecule has 24 heavy (non-hydrogen) atoms. The molecule has 0 unspecified atom stereocenters. The molecular formula is C19H27ClN2O2. The Morgan fingerprint density at radius 3 is 2.83 bits per heavy atom. The summed E-state index contributed by atoms with van der Waals surface area (Å²) in [5, 5.41) is 25.0. The maximum Gasteiger partial charge on any atom is 0.0843 e. The van der Waals surface area contributed by atoms with Crippen molar-refractivity contribution in [2.45, 2.75) is 57.7 Å². The zero-order chi connectivity index (χ0) is 17.1. The number of halogens is 1. The number of aromatic nitrogens is 1. The van der Waals surface area contributed by atoms with Gasteiger partial charge < -0.3 is 20.1 Å². The highest BCUT2D eigenvalue weighted by Crippen LogP contribution is 2.35. The average Bonchev–Trinajstić information content (AvgIpc) is 2.91. The molecule has 0 spiro atoms. The van der Waals surface area contributed by atoms with E-state index in [1.165, 1.54) is 29.5 Å². The standard InChI is InChI=1S/C19H27ClN2O2/c1-2-13(12-23)21-10-14(24)11-22-18-9-4-3-6-15(18)16-7-5-8-17(20)19(16)22/h5,7-8,13-14,21,23-24H,2-4,6,9-12H2,1H3/t13-,14+/m0/s1. The first-order valence-corrected chi connectivity index (χ1v) is 9.34. The lowest BCUT2D eigenvalue weighted by molar-refractivity contribution is 0.139. The molecule has 0 saturated heterocycles. The zero-order valence-electron chi connectivity index (χ0n) is 14.3. The second kappa shape index (κ2) is 7.87. The highest BCUT2D eigenvalue weighted by atomic mass is 35.5. The van der Waals surface area contributed by atoms with Crippen molar-refractivity contribution in [2.75, 3.05) is 13.2 Å². The summed E-state index contributed by atoms with van der Waals surface area (Å²) in [4.78, 5) is 0. The van der Waals surface area contributed by atoms with Crippen LogP contribution in [0.3, 0.4) is 0 Å².